The molecule has 0 spiro atoms. The Hall–Kier alpha value is -1.30. The minimum Gasteiger partial charge on any atom is -0.358 e. The summed E-state index contributed by atoms with van der Waals surface area (Å²) in [5.41, 5.74) is 0. The van der Waals surface area contributed by atoms with Crippen molar-refractivity contribution >= 4 is 11.8 Å². The first-order chi connectivity index (χ1) is 18.3. The number of nitrogens with one attached hydrogen (secondary N) is 3. The van der Waals surface area contributed by atoms with Gasteiger partial charge in [0.15, 0.2) is 0 Å². The molecule has 0 aromatic rings. The summed E-state index contributed by atoms with van der Waals surface area (Å²) in [6.45, 7) is 14.7. The van der Waals surface area contributed by atoms with Gasteiger partial charge in [0.05, 0.1) is 13.1 Å². The van der Waals surface area contributed by atoms with Gasteiger partial charge < -0.3 is 25.8 Å². The lowest BCUT2D eigenvalue weighted by Gasteiger charge is -2.51. The van der Waals surface area contributed by atoms with Gasteiger partial charge in [-0.3, -0.25) is 24.3 Å². The molecule has 3 heterocycles. The van der Waals surface area contributed by atoms with Crippen molar-refractivity contribution in [1.29, 1.82) is 0 Å². The number of piperidine rings is 2. The summed E-state index contributed by atoms with van der Waals surface area (Å²) >= 11 is 0. The van der Waals surface area contributed by atoms with E-state index in [2.05, 4.69) is 61.5 Å². The van der Waals surface area contributed by atoms with Gasteiger partial charge in [-0.2, -0.15) is 0 Å². The highest BCUT2D eigenvalue weighted by Crippen LogP contribution is 2.35. The van der Waals surface area contributed by atoms with E-state index in [0.29, 0.717) is 37.0 Å². The third kappa shape index (κ3) is 9.41. The fourth-order valence-corrected chi connectivity index (χ4v) is 6.72. The third-order valence-corrected chi connectivity index (χ3v) is 9.12. The molecule has 3 aliphatic rings. The maximum absolute atomic E-state index is 12.5. The van der Waals surface area contributed by atoms with E-state index in [-0.39, 0.29) is 11.8 Å². The number of likely N-dealkylation sites (N-methyl/N-ethyl adjacent to an activating group) is 4. The number of carbonyl (C=O) groups excluding carboxylic acids is 2. The molecule has 0 aliphatic carbocycles. The zero-order valence-corrected chi connectivity index (χ0v) is 24.9. The van der Waals surface area contributed by atoms with Crippen molar-refractivity contribution in [3.05, 3.63) is 0 Å². The standard InChI is InChI=1S/C28H56N8O2/c1-6-10-32(4)13-9-31-19-23-7-11-34(21-27(37)29-2)20-25(23)26-18-24(35-16-14-33(5)15-17-35)8-12-36(26)22-28(38)30-3/h23-26,31H,6-22H2,1-5H3,(H,29,37)(H,30,38). The lowest BCUT2D eigenvalue weighted by Crippen LogP contribution is -2.61. The fourth-order valence-electron chi connectivity index (χ4n) is 6.72. The Bertz CT molecular complexity index is 717. The molecule has 0 saturated carbocycles. The first kappa shape index (κ1) is 31.2. The number of hydrogen-bond donors (Lipinski definition) is 3. The van der Waals surface area contributed by atoms with Crippen molar-refractivity contribution in [1.82, 2.24) is 40.4 Å². The first-order valence-electron chi connectivity index (χ1n) is 15.0. The number of nitrogens with zero attached hydrogens (tertiary/aromatic N) is 5. The Labute approximate surface area is 231 Å². The molecule has 3 rings (SSSR count). The topological polar surface area (TPSA) is 86.4 Å². The van der Waals surface area contributed by atoms with Crippen molar-refractivity contribution in [2.75, 3.05) is 113 Å². The molecule has 220 valence electrons. The molecule has 2 amide bonds. The average molecular weight is 537 g/mol. The maximum atomic E-state index is 12.5. The van der Waals surface area contributed by atoms with Gasteiger partial charge in [-0.25, -0.2) is 0 Å². The Morgan fingerprint density at radius 2 is 1.63 bits per heavy atom. The van der Waals surface area contributed by atoms with E-state index in [1.807, 2.05) is 0 Å². The van der Waals surface area contributed by atoms with Crippen LogP contribution in [0.25, 0.3) is 0 Å². The molecule has 0 aromatic carbocycles. The van der Waals surface area contributed by atoms with Crippen molar-refractivity contribution < 1.29 is 9.59 Å². The van der Waals surface area contributed by atoms with Crippen molar-refractivity contribution in [2.24, 2.45) is 11.8 Å². The number of likely N-dealkylation sites (tertiary alicyclic amines) is 2. The highest BCUT2D eigenvalue weighted by atomic mass is 16.2. The second-order valence-electron chi connectivity index (χ2n) is 11.9. The second-order valence-corrected chi connectivity index (χ2v) is 11.9. The van der Waals surface area contributed by atoms with Gasteiger partial charge in [0.2, 0.25) is 11.8 Å². The molecule has 10 nitrogen and oxygen atoms in total. The normalized spacial score (nSPS) is 28.5. The summed E-state index contributed by atoms with van der Waals surface area (Å²) in [5, 5.41) is 9.43. The number of rotatable bonds is 13. The summed E-state index contributed by atoms with van der Waals surface area (Å²) < 4.78 is 0. The summed E-state index contributed by atoms with van der Waals surface area (Å²) in [7, 11) is 7.87. The van der Waals surface area contributed by atoms with Gasteiger partial charge in [-0.1, -0.05) is 6.92 Å². The number of hydrogen-bond acceptors (Lipinski definition) is 8. The largest absolute Gasteiger partial charge is 0.358 e. The molecule has 3 fully saturated rings. The third-order valence-electron chi connectivity index (χ3n) is 9.12. The van der Waals surface area contributed by atoms with E-state index in [1.165, 1.54) is 6.42 Å². The van der Waals surface area contributed by atoms with Crippen molar-refractivity contribution in [3.63, 3.8) is 0 Å². The van der Waals surface area contributed by atoms with Crippen LogP contribution in [0.5, 0.6) is 0 Å². The van der Waals surface area contributed by atoms with Crippen LogP contribution in [-0.4, -0.2) is 162 Å². The molecule has 3 saturated heterocycles. The lowest BCUT2D eigenvalue weighted by molar-refractivity contribution is -0.124. The van der Waals surface area contributed by atoms with Gasteiger partial charge in [0.25, 0.3) is 0 Å². The van der Waals surface area contributed by atoms with Gasteiger partial charge in [0, 0.05) is 78.5 Å². The zero-order chi connectivity index (χ0) is 27.5. The van der Waals surface area contributed by atoms with Crippen LogP contribution in [0.2, 0.25) is 0 Å². The van der Waals surface area contributed by atoms with Crippen LogP contribution in [0.3, 0.4) is 0 Å². The van der Waals surface area contributed by atoms with Crippen LogP contribution in [0.15, 0.2) is 0 Å². The summed E-state index contributed by atoms with van der Waals surface area (Å²) in [6.07, 6.45) is 4.50. The number of amides is 2. The molecule has 38 heavy (non-hydrogen) atoms. The van der Waals surface area contributed by atoms with Crippen LogP contribution in [-0.2, 0) is 9.59 Å². The second kappa shape index (κ2) is 16.1. The van der Waals surface area contributed by atoms with Gasteiger partial charge in [0.1, 0.15) is 0 Å². The van der Waals surface area contributed by atoms with Crippen LogP contribution < -0.4 is 16.0 Å². The Morgan fingerprint density at radius 3 is 2.32 bits per heavy atom. The lowest BCUT2D eigenvalue weighted by atomic mass is 9.75. The fraction of sp³-hybridized carbons (Fsp3) is 0.929. The predicted molar refractivity (Wildman–Crippen MR) is 154 cm³/mol. The quantitative estimate of drug-likeness (QED) is 0.270. The van der Waals surface area contributed by atoms with Crippen molar-refractivity contribution in [3.8, 4) is 0 Å². The Morgan fingerprint density at radius 1 is 0.921 bits per heavy atom. The number of piperazine rings is 1. The van der Waals surface area contributed by atoms with E-state index in [0.717, 1.165) is 91.3 Å². The van der Waals surface area contributed by atoms with Crippen LogP contribution in [0.4, 0.5) is 0 Å². The van der Waals surface area contributed by atoms with Gasteiger partial charge in [-0.15, -0.1) is 0 Å². The van der Waals surface area contributed by atoms with Gasteiger partial charge >= 0.3 is 0 Å². The highest BCUT2D eigenvalue weighted by Gasteiger charge is 2.42. The summed E-state index contributed by atoms with van der Waals surface area (Å²) in [6, 6.07) is 0.910. The van der Waals surface area contributed by atoms with E-state index in [1.54, 1.807) is 14.1 Å². The van der Waals surface area contributed by atoms with E-state index >= 15 is 0 Å². The smallest absolute Gasteiger partial charge is 0.233 e. The summed E-state index contributed by atoms with van der Waals surface area (Å²) in [4.78, 5) is 37.1. The van der Waals surface area contributed by atoms with E-state index < -0.39 is 0 Å². The molecule has 4 unspecified atom stereocenters. The minimum absolute atomic E-state index is 0.0838. The first-order valence-corrected chi connectivity index (χ1v) is 15.0. The van der Waals surface area contributed by atoms with E-state index in [4.69, 9.17) is 0 Å². The zero-order valence-electron chi connectivity index (χ0n) is 24.9. The monoisotopic (exact) mass is 536 g/mol. The molecular formula is C28H56N8O2. The van der Waals surface area contributed by atoms with Crippen LogP contribution >= 0.6 is 0 Å². The van der Waals surface area contributed by atoms with Crippen LogP contribution in [0.1, 0.15) is 32.6 Å². The Balaban J connectivity index is 1.74. The maximum Gasteiger partial charge on any atom is 0.233 e. The van der Waals surface area contributed by atoms with Crippen molar-refractivity contribution in [2.45, 2.75) is 44.7 Å². The van der Waals surface area contributed by atoms with Crippen LogP contribution in [0, 0.1) is 11.8 Å². The molecule has 0 radical (unpaired) electrons. The SMILES string of the molecule is CCCN(C)CCNCC1CCN(CC(=O)NC)CC1C1CC(N2CCN(C)CC2)CCN1CC(=O)NC. The average Bonchev–Trinajstić information content (AvgIpc) is 2.92. The van der Waals surface area contributed by atoms with Gasteiger partial charge in [-0.05, 0) is 71.2 Å². The summed E-state index contributed by atoms with van der Waals surface area (Å²) in [5.74, 6) is 1.14. The highest BCUT2D eigenvalue weighted by molar-refractivity contribution is 5.78. The molecule has 0 aromatic heterocycles. The number of carbonyl (C=O) groups is 2. The molecule has 4 atom stereocenters. The van der Waals surface area contributed by atoms with E-state index in [9.17, 15) is 9.59 Å². The Kier molecular flexibility index (Phi) is 13.2. The predicted octanol–water partition coefficient (Wildman–Crippen LogP) is -0.572. The molecular weight excluding hydrogens is 480 g/mol. The molecule has 3 aliphatic heterocycles. The molecule has 0 bridgehead atoms. The minimum atomic E-state index is 0.0838. The molecule has 10 heteroatoms. The molecule has 3 N–H and O–H groups in total.